The third-order valence-electron chi connectivity index (χ3n) is 6.12. The molecular formula is C19H27F7O2. The lowest BCUT2D eigenvalue weighted by atomic mass is 9.77. The number of halogens is 7. The minimum absolute atomic E-state index is 0.168. The Hall–Kier alpha value is -1.02. The zero-order valence-corrected chi connectivity index (χ0v) is 15.8. The summed E-state index contributed by atoms with van der Waals surface area (Å²) in [6.07, 6.45) is -2.41. The number of ether oxygens (including phenoxy) is 1. The fourth-order valence-electron chi connectivity index (χ4n) is 4.34. The predicted molar refractivity (Wildman–Crippen MR) is 88.1 cm³/mol. The van der Waals surface area contributed by atoms with E-state index in [4.69, 9.17) is 4.74 Å². The lowest BCUT2D eigenvalue weighted by Crippen LogP contribution is -2.56. The summed E-state index contributed by atoms with van der Waals surface area (Å²) in [4.78, 5) is 12.2. The van der Waals surface area contributed by atoms with Crippen molar-refractivity contribution < 1.29 is 40.3 Å². The van der Waals surface area contributed by atoms with E-state index in [0.717, 1.165) is 38.5 Å². The van der Waals surface area contributed by atoms with Crippen LogP contribution in [0.4, 0.5) is 30.7 Å². The van der Waals surface area contributed by atoms with Crippen LogP contribution in [-0.2, 0) is 9.53 Å². The molecule has 2 aliphatic carbocycles. The Morgan fingerprint density at radius 2 is 1.39 bits per heavy atom. The molecule has 2 saturated carbocycles. The first-order valence-corrected chi connectivity index (χ1v) is 9.93. The topological polar surface area (TPSA) is 26.3 Å². The third-order valence-corrected chi connectivity index (χ3v) is 6.12. The van der Waals surface area contributed by atoms with Gasteiger partial charge in [0.2, 0.25) is 0 Å². The normalized spacial score (nSPS) is 30.1. The van der Waals surface area contributed by atoms with Gasteiger partial charge in [0.15, 0.2) is 0 Å². The van der Waals surface area contributed by atoms with Crippen LogP contribution in [0.3, 0.4) is 0 Å². The Kier molecular flexibility index (Phi) is 7.29. The average Bonchev–Trinajstić information content (AvgIpc) is 2.62. The van der Waals surface area contributed by atoms with Gasteiger partial charge in [-0.3, -0.25) is 4.79 Å². The van der Waals surface area contributed by atoms with Crippen LogP contribution < -0.4 is 0 Å². The second kappa shape index (κ2) is 8.78. The highest BCUT2D eigenvalue weighted by Crippen LogP contribution is 2.53. The Balaban J connectivity index is 1.84. The number of rotatable bonds is 6. The van der Waals surface area contributed by atoms with E-state index in [1.807, 2.05) is 0 Å². The Labute approximate surface area is 160 Å². The van der Waals surface area contributed by atoms with Crippen LogP contribution in [-0.4, -0.2) is 30.1 Å². The lowest BCUT2D eigenvalue weighted by molar-refractivity contribution is -0.367. The molecule has 0 saturated heterocycles. The van der Waals surface area contributed by atoms with Crippen molar-refractivity contribution in [3.8, 4) is 0 Å². The maximum Gasteiger partial charge on any atom is 0.459 e. The SMILES string of the molecule is CCC[C@H]1CC[C@H](OC(=O)[C@H]2CC[C@H](C(F)(F)C(F)(F)C(F)(F)F)CC2)CC1. The van der Waals surface area contributed by atoms with Crippen molar-refractivity contribution in [2.24, 2.45) is 17.8 Å². The molecule has 0 radical (unpaired) electrons. The smallest absolute Gasteiger partial charge is 0.459 e. The first-order valence-electron chi connectivity index (χ1n) is 9.93. The molecule has 0 bridgehead atoms. The maximum absolute atomic E-state index is 13.8. The van der Waals surface area contributed by atoms with Gasteiger partial charge in [-0.15, -0.1) is 0 Å². The standard InChI is InChI=1S/C19H27F7O2/c1-2-3-12-4-10-15(11-5-12)28-16(27)13-6-8-14(9-7-13)17(20,21)18(22,23)19(24,25)26/h12-15H,2-11H2,1H3/t12-,13-,14-,15-. The molecule has 0 aromatic rings. The molecule has 0 unspecified atom stereocenters. The molecule has 2 fully saturated rings. The molecule has 164 valence electrons. The number of alkyl halides is 7. The lowest BCUT2D eigenvalue weighted by Gasteiger charge is -2.37. The predicted octanol–water partition coefficient (Wildman–Crippen LogP) is 6.53. The summed E-state index contributed by atoms with van der Waals surface area (Å²) in [5.74, 6) is -14.1. The second-order valence-electron chi connectivity index (χ2n) is 8.11. The minimum atomic E-state index is -6.32. The van der Waals surface area contributed by atoms with Crippen molar-refractivity contribution in [2.45, 2.75) is 95.3 Å². The third kappa shape index (κ3) is 4.93. The quantitative estimate of drug-likeness (QED) is 0.361. The van der Waals surface area contributed by atoms with E-state index < -0.39 is 48.7 Å². The number of carbonyl (C=O) groups is 1. The van der Waals surface area contributed by atoms with Gasteiger partial charge in [-0.25, -0.2) is 0 Å². The van der Waals surface area contributed by atoms with Crippen LogP contribution in [0, 0.1) is 17.8 Å². The van der Waals surface area contributed by atoms with E-state index in [1.165, 1.54) is 0 Å². The highest BCUT2D eigenvalue weighted by Gasteiger charge is 2.74. The van der Waals surface area contributed by atoms with Crippen LogP contribution in [0.25, 0.3) is 0 Å². The number of hydrogen-bond acceptors (Lipinski definition) is 2. The average molecular weight is 420 g/mol. The molecule has 0 aromatic heterocycles. The van der Waals surface area contributed by atoms with Crippen molar-refractivity contribution in [2.75, 3.05) is 0 Å². The van der Waals surface area contributed by atoms with E-state index in [-0.39, 0.29) is 18.9 Å². The van der Waals surface area contributed by atoms with E-state index in [0.29, 0.717) is 5.92 Å². The van der Waals surface area contributed by atoms with Gasteiger partial charge < -0.3 is 4.74 Å². The van der Waals surface area contributed by atoms with Crippen LogP contribution in [0.15, 0.2) is 0 Å². The first kappa shape index (κ1) is 23.3. The highest BCUT2D eigenvalue weighted by atomic mass is 19.4. The van der Waals surface area contributed by atoms with Gasteiger partial charge in [0, 0.05) is 5.92 Å². The molecule has 0 aromatic carbocycles. The van der Waals surface area contributed by atoms with Gasteiger partial charge >= 0.3 is 24.0 Å². The Bertz CT molecular complexity index is 517. The monoisotopic (exact) mass is 420 g/mol. The molecule has 9 heteroatoms. The summed E-state index contributed by atoms with van der Waals surface area (Å²) in [5.41, 5.74) is 0. The van der Waals surface area contributed by atoms with Crippen molar-refractivity contribution >= 4 is 5.97 Å². The molecule has 0 spiro atoms. The molecule has 0 aliphatic heterocycles. The first-order chi connectivity index (χ1) is 12.9. The van der Waals surface area contributed by atoms with Crippen LogP contribution in [0.2, 0.25) is 0 Å². The Morgan fingerprint density at radius 1 is 0.857 bits per heavy atom. The van der Waals surface area contributed by atoms with Crippen molar-refractivity contribution in [3.05, 3.63) is 0 Å². The van der Waals surface area contributed by atoms with E-state index >= 15 is 0 Å². The van der Waals surface area contributed by atoms with Crippen molar-refractivity contribution in [3.63, 3.8) is 0 Å². The second-order valence-corrected chi connectivity index (χ2v) is 8.11. The zero-order chi connectivity index (χ0) is 21.2. The molecule has 0 atom stereocenters. The van der Waals surface area contributed by atoms with Gasteiger partial charge in [-0.05, 0) is 57.3 Å². The van der Waals surface area contributed by atoms with Gasteiger partial charge in [-0.1, -0.05) is 19.8 Å². The van der Waals surface area contributed by atoms with Crippen LogP contribution in [0.1, 0.15) is 71.1 Å². The molecule has 2 nitrogen and oxygen atoms in total. The molecule has 0 N–H and O–H groups in total. The summed E-state index contributed by atoms with van der Waals surface area (Å²) in [5, 5.41) is 0. The Morgan fingerprint density at radius 3 is 1.86 bits per heavy atom. The van der Waals surface area contributed by atoms with Gasteiger partial charge in [-0.2, -0.15) is 30.7 Å². The van der Waals surface area contributed by atoms with Crippen molar-refractivity contribution in [1.29, 1.82) is 0 Å². The highest BCUT2D eigenvalue weighted by molar-refractivity contribution is 5.72. The number of esters is 1. The van der Waals surface area contributed by atoms with E-state index in [2.05, 4.69) is 6.92 Å². The molecule has 2 aliphatic rings. The van der Waals surface area contributed by atoms with Gasteiger partial charge in [0.25, 0.3) is 0 Å². The minimum Gasteiger partial charge on any atom is -0.462 e. The van der Waals surface area contributed by atoms with Crippen LogP contribution >= 0.6 is 0 Å². The summed E-state index contributed by atoms with van der Waals surface area (Å²) >= 11 is 0. The van der Waals surface area contributed by atoms with Crippen LogP contribution in [0.5, 0.6) is 0 Å². The van der Waals surface area contributed by atoms with E-state index in [1.54, 1.807) is 0 Å². The molecular weight excluding hydrogens is 393 g/mol. The van der Waals surface area contributed by atoms with Gasteiger partial charge in [0.1, 0.15) is 6.10 Å². The summed E-state index contributed by atoms with van der Waals surface area (Å²) < 4.78 is 96.4. The maximum atomic E-state index is 13.8. The summed E-state index contributed by atoms with van der Waals surface area (Å²) in [6.45, 7) is 2.11. The number of hydrogen-bond donors (Lipinski definition) is 0. The molecule has 28 heavy (non-hydrogen) atoms. The zero-order valence-electron chi connectivity index (χ0n) is 15.8. The summed E-state index contributed by atoms with van der Waals surface area (Å²) in [7, 11) is 0. The molecule has 0 heterocycles. The van der Waals surface area contributed by atoms with Crippen molar-refractivity contribution in [1.82, 2.24) is 0 Å². The fraction of sp³-hybridized carbons (Fsp3) is 0.947. The van der Waals surface area contributed by atoms with Gasteiger partial charge in [0.05, 0.1) is 5.92 Å². The summed E-state index contributed by atoms with van der Waals surface area (Å²) in [6, 6.07) is 0. The fourth-order valence-corrected chi connectivity index (χ4v) is 4.34. The molecule has 0 amide bonds. The molecule has 2 rings (SSSR count). The number of carbonyl (C=O) groups excluding carboxylic acids is 1. The largest absolute Gasteiger partial charge is 0.462 e. The van der Waals surface area contributed by atoms with E-state index in [9.17, 15) is 35.5 Å².